The van der Waals surface area contributed by atoms with E-state index in [1.54, 1.807) is 5.82 Å². The summed E-state index contributed by atoms with van der Waals surface area (Å²) in [4.78, 5) is 0. The first-order valence-corrected chi connectivity index (χ1v) is 15.7. The highest BCUT2D eigenvalue weighted by Crippen LogP contribution is 2.49. The van der Waals surface area contributed by atoms with Crippen LogP contribution in [-0.2, 0) is 20.0 Å². The lowest BCUT2D eigenvalue weighted by Gasteiger charge is -2.43. The van der Waals surface area contributed by atoms with Crippen LogP contribution >= 0.6 is 7.60 Å². The van der Waals surface area contributed by atoms with Crippen molar-refractivity contribution in [3.05, 3.63) is 102 Å². The molecule has 0 atom stereocenters. The van der Waals surface area contributed by atoms with E-state index in [-0.39, 0.29) is 5.04 Å². The Hall–Kier alpha value is -2.43. The maximum absolute atomic E-state index is 12.6. The Morgan fingerprint density at radius 3 is 1.69 bits per heavy atom. The van der Waals surface area contributed by atoms with E-state index in [1.807, 2.05) is 32.1 Å². The number of hydrogen-bond acceptors (Lipinski definition) is 4. The zero-order valence-corrected chi connectivity index (χ0v) is 23.3. The molecule has 35 heavy (non-hydrogen) atoms. The smallest absolute Gasteiger partial charge is 0.353 e. The van der Waals surface area contributed by atoms with Gasteiger partial charge in [-0.25, -0.2) is 0 Å². The first-order chi connectivity index (χ1) is 16.7. The van der Waals surface area contributed by atoms with Crippen molar-refractivity contribution in [1.82, 2.24) is 0 Å². The van der Waals surface area contributed by atoms with Gasteiger partial charge in [0.2, 0.25) is 0 Å². The van der Waals surface area contributed by atoms with E-state index in [4.69, 9.17) is 13.5 Å². The second-order valence-corrected chi connectivity index (χ2v) is 15.5. The summed E-state index contributed by atoms with van der Waals surface area (Å²) in [7, 11) is -5.84. The summed E-state index contributed by atoms with van der Waals surface area (Å²) in [5, 5.41) is 2.39. The van der Waals surface area contributed by atoms with Crippen molar-refractivity contribution in [3.8, 4) is 5.75 Å². The standard InChI is InChI=1S/C29H37O4PSi/c1-6-31-34(30,32-7-2)24-14-15-25-20-22-26(23-21-25)33-35(29(3,4)5,27-16-10-8-11-17-27)28-18-12-9-13-19-28/h8-14,16-24H,6-7,15H2,1-5H3/b24-14+. The highest BCUT2D eigenvalue weighted by Gasteiger charge is 2.52. The normalized spacial score (nSPS) is 12.7. The van der Waals surface area contributed by atoms with Crippen molar-refractivity contribution < 1.29 is 18.0 Å². The van der Waals surface area contributed by atoms with Gasteiger partial charge >= 0.3 is 15.9 Å². The van der Waals surface area contributed by atoms with Gasteiger partial charge in [-0.3, -0.25) is 4.57 Å². The summed E-state index contributed by atoms with van der Waals surface area (Å²) in [6.45, 7) is 11.1. The molecule has 3 aromatic rings. The van der Waals surface area contributed by atoms with Crippen LogP contribution in [0.15, 0.2) is 96.8 Å². The fourth-order valence-electron chi connectivity index (χ4n) is 4.32. The van der Waals surface area contributed by atoms with Crippen molar-refractivity contribution >= 4 is 26.3 Å². The molecular weight excluding hydrogens is 471 g/mol. The highest BCUT2D eigenvalue weighted by atomic mass is 31.2. The van der Waals surface area contributed by atoms with Crippen LogP contribution < -0.4 is 14.8 Å². The molecule has 0 aliphatic rings. The van der Waals surface area contributed by atoms with Crippen molar-refractivity contribution in [1.29, 1.82) is 0 Å². The van der Waals surface area contributed by atoms with Gasteiger partial charge in [-0.2, -0.15) is 0 Å². The van der Waals surface area contributed by atoms with E-state index >= 15 is 0 Å². The minimum Gasteiger partial charge on any atom is -0.534 e. The van der Waals surface area contributed by atoms with Gasteiger partial charge in [-0.1, -0.05) is 99.6 Å². The third-order valence-corrected chi connectivity index (χ3v) is 12.6. The molecule has 0 fully saturated rings. The maximum atomic E-state index is 12.6. The zero-order chi connectivity index (χ0) is 25.4. The lowest BCUT2D eigenvalue weighted by atomic mass is 10.1. The lowest BCUT2D eigenvalue weighted by molar-refractivity contribution is 0.229. The maximum Gasteiger partial charge on any atom is 0.353 e. The molecule has 0 spiro atoms. The van der Waals surface area contributed by atoms with Crippen LogP contribution in [0.25, 0.3) is 0 Å². The molecule has 0 aliphatic carbocycles. The Balaban J connectivity index is 1.90. The van der Waals surface area contributed by atoms with Gasteiger partial charge in [-0.15, -0.1) is 0 Å². The quantitative estimate of drug-likeness (QED) is 0.208. The van der Waals surface area contributed by atoms with E-state index in [2.05, 4.69) is 93.6 Å². The fourth-order valence-corrected chi connectivity index (χ4v) is 10.1. The second-order valence-electron chi connectivity index (χ2n) is 9.37. The molecule has 0 amide bonds. The van der Waals surface area contributed by atoms with Gasteiger partial charge in [0.15, 0.2) is 0 Å². The third-order valence-electron chi connectivity index (χ3n) is 5.87. The van der Waals surface area contributed by atoms with Gasteiger partial charge < -0.3 is 13.5 Å². The van der Waals surface area contributed by atoms with E-state index in [1.165, 1.54) is 10.4 Å². The first-order valence-electron chi connectivity index (χ1n) is 12.2. The summed E-state index contributed by atoms with van der Waals surface area (Å²) in [5.74, 6) is 2.41. The molecule has 0 aromatic heterocycles. The van der Waals surface area contributed by atoms with Crippen molar-refractivity contribution in [2.45, 2.75) is 46.1 Å². The Labute approximate surface area is 211 Å². The predicted octanol–water partition coefficient (Wildman–Crippen LogP) is 6.95. The zero-order valence-electron chi connectivity index (χ0n) is 21.4. The number of benzene rings is 3. The molecule has 0 saturated heterocycles. The molecule has 0 N–H and O–H groups in total. The summed E-state index contributed by atoms with van der Waals surface area (Å²) >= 11 is 0. The molecule has 0 heterocycles. The van der Waals surface area contributed by atoms with Crippen LogP contribution in [0.2, 0.25) is 5.04 Å². The fraction of sp³-hybridized carbons (Fsp3) is 0.310. The number of hydrogen-bond donors (Lipinski definition) is 0. The second kappa shape index (κ2) is 12.0. The van der Waals surface area contributed by atoms with Gasteiger partial charge in [0.25, 0.3) is 0 Å². The molecule has 0 radical (unpaired) electrons. The highest BCUT2D eigenvalue weighted by molar-refractivity contribution is 7.57. The minimum atomic E-state index is -3.18. The van der Waals surface area contributed by atoms with Crippen molar-refractivity contribution in [2.24, 2.45) is 0 Å². The van der Waals surface area contributed by atoms with E-state index in [9.17, 15) is 4.57 Å². The molecule has 0 unspecified atom stereocenters. The van der Waals surface area contributed by atoms with Crippen LogP contribution in [0.4, 0.5) is 0 Å². The van der Waals surface area contributed by atoms with Gasteiger partial charge in [0.05, 0.1) is 13.2 Å². The summed E-state index contributed by atoms with van der Waals surface area (Å²) in [5.41, 5.74) is 1.09. The average Bonchev–Trinajstić information content (AvgIpc) is 2.84. The predicted molar refractivity (Wildman–Crippen MR) is 148 cm³/mol. The molecule has 0 aliphatic heterocycles. The van der Waals surface area contributed by atoms with Crippen LogP contribution in [0, 0.1) is 0 Å². The van der Waals surface area contributed by atoms with E-state index < -0.39 is 15.9 Å². The Kier molecular flexibility index (Phi) is 9.32. The topological polar surface area (TPSA) is 44.8 Å². The monoisotopic (exact) mass is 508 g/mol. The largest absolute Gasteiger partial charge is 0.534 e. The molecule has 0 bridgehead atoms. The van der Waals surface area contributed by atoms with Crippen LogP contribution in [0.1, 0.15) is 40.2 Å². The van der Waals surface area contributed by atoms with Crippen molar-refractivity contribution in [3.63, 3.8) is 0 Å². The van der Waals surface area contributed by atoms with Gasteiger partial charge in [-0.05, 0) is 53.4 Å². The minimum absolute atomic E-state index is 0.100. The third kappa shape index (κ3) is 6.62. The van der Waals surface area contributed by atoms with Crippen LogP contribution in [0.5, 0.6) is 5.75 Å². The van der Waals surface area contributed by atoms with E-state index in [0.29, 0.717) is 19.6 Å². The summed E-state index contributed by atoms with van der Waals surface area (Å²) < 4.78 is 30.3. The molecule has 3 rings (SSSR count). The molecule has 6 heteroatoms. The number of rotatable bonds is 11. The molecule has 186 valence electrons. The van der Waals surface area contributed by atoms with Crippen LogP contribution in [-0.4, -0.2) is 21.5 Å². The molecule has 4 nitrogen and oxygen atoms in total. The Morgan fingerprint density at radius 1 is 0.771 bits per heavy atom. The molecule has 3 aromatic carbocycles. The molecule has 0 saturated carbocycles. The first kappa shape index (κ1) is 27.2. The Morgan fingerprint density at radius 2 is 1.26 bits per heavy atom. The number of allylic oxidation sites excluding steroid dienone is 1. The van der Waals surface area contributed by atoms with Crippen LogP contribution in [0.3, 0.4) is 0 Å². The Bertz CT molecular complexity index is 1070. The van der Waals surface area contributed by atoms with E-state index in [0.717, 1.165) is 11.3 Å². The lowest BCUT2D eigenvalue weighted by Crippen LogP contribution is -2.68. The van der Waals surface area contributed by atoms with Gasteiger partial charge in [0.1, 0.15) is 5.75 Å². The molecular formula is C29H37O4PSi. The summed E-state index contributed by atoms with van der Waals surface area (Å²) in [6.07, 6.45) is 2.48. The summed E-state index contributed by atoms with van der Waals surface area (Å²) in [6, 6.07) is 29.4. The SMILES string of the molecule is CCOP(=O)(/C=C/Cc1ccc(O[Si](c2ccccc2)(c2ccccc2)C(C)(C)C)cc1)OCC. The van der Waals surface area contributed by atoms with Gasteiger partial charge in [0, 0.05) is 5.82 Å². The van der Waals surface area contributed by atoms with Crippen molar-refractivity contribution in [2.75, 3.05) is 13.2 Å². The average molecular weight is 509 g/mol.